The molecule has 9 atom stereocenters. The highest BCUT2D eigenvalue weighted by Crippen LogP contribution is 2.27. The number of hydrogen-bond donors (Lipinski definition) is 7. The molecule has 2 fully saturated rings. The predicted octanol–water partition coefficient (Wildman–Crippen LogP) is -3.40. The van der Waals surface area contributed by atoms with E-state index in [9.17, 15) is 30.6 Å². The van der Waals surface area contributed by atoms with Gasteiger partial charge in [0.25, 0.3) is 0 Å². The van der Waals surface area contributed by atoms with Crippen molar-refractivity contribution in [1.82, 2.24) is 0 Å². The Bertz CT molecular complexity index is 735. The van der Waals surface area contributed by atoms with Crippen LogP contribution < -0.4 is 0 Å². The van der Waals surface area contributed by atoms with Crippen molar-refractivity contribution in [2.24, 2.45) is 0 Å². The average molecular weight is 458 g/mol. The molecule has 2 aliphatic heterocycles. The third-order valence-electron chi connectivity index (χ3n) is 4.97. The Hall–Kier alpha value is -1.58. The van der Waals surface area contributed by atoms with E-state index in [1.807, 2.05) is 6.92 Å². The van der Waals surface area contributed by atoms with Crippen molar-refractivity contribution < 1.29 is 54.7 Å². The number of allylic oxidation sites excluding steroid dienone is 2. The Morgan fingerprint density at radius 1 is 1.09 bits per heavy atom. The molecule has 2 aliphatic rings. The van der Waals surface area contributed by atoms with E-state index in [0.717, 1.165) is 0 Å². The van der Waals surface area contributed by atoms with E-state index >= 15 is 0 Å². The van der Waals surface area contributed by atoms with E-state index in [1.54, 1.807) is 12.2 Å². The number of ether oxygens (including phenoxy) is 4. The van der Waals surface area contributed by atoms with Crippen molar-refractivity contribution in [1.29, 1.82) is 0 Å². The summed E-state index contributed by atoms with van der Waals surface area (Å²) in [7, 11) is 0. The van der Waals surface area contributed by atoms with Gasteiger partial charge in [0.05, 0.1) is 26.4 Å². The molecule has 32 heavy (non-hydrogen) atoms. The smallest absolute Gasteiger partial charge is 0.186 e. The molecule has 0 aromatic heterocycles. The molecule has 2 saturated heterocycles. The van der Waals surface area contributed by atoms with Crippen molar-refractivity contribution in [3.05, 3.63) is 12.2 Å². The van der Waals surface area contributed by atoms with E-state index in [0.29, 0.717) is 0 Å². The third kappa shape index (κ3) is 6.96. The zero-order chi connectivity index (χ0) is 23.7. The lowest BCUT2D eigenvalue weighted by Crippen LogP contribution is -2.59. The maximum Gasteiger partial charge on any atom is 0.186 e. The van der Waals surface area contributed by atoms with Crippen molar-refractivity contribution in [3.8, 4) is 23.7 Å². The molecule has 180 valence electrons. The molecule has 7 N–H and O–H groups in total. The van der Waals surface area contributed by atoms with Crippen LogP contribution in [0.15, 0.2) is 12.2 Å². The first kappa shape index (κ1) is 26.7. The minimum atomic E-state index is -1.87. The largest absolute Gasteiger partial charge is 0.393 e. The van der Waals surface area contributed by atoms with E-state index in [-0.39, 0.29) is 26.2 Å². The first-order valence-corrected chi connectivity index (χ1v) is 10.1. The maximum atomic E-state index is 10.1. The minimum absolute atomic E-state index is 0.0759. The molecule has 0 aromatic rings. The third-order valence-corrected chi connectivity index (χ3v) is 4.97. The summed E-state index contributed by atoms with van der Waals surface area (Å²) in [5, 5.41) is 69.3. The first-order chi connectivity index (χ1) is 15.2. The monoisotopic (exact) mass is 458 g/mol. The number of hydrogen-bond acceptors (Lipinski definition) is 11. The second-order valence-electron chi connectivity index (χ2n) is 7.45. The zero-order valence-electron chi connectivity index (χ0n) is 17.6. The molecule has 0 unspecified atom stereocenters. The van der Waals surface area contributed by atoms with Gasteiger partial charge in [-0.1, -0.05) is 17.9 Å². The van der Waals surface area contributed by atoms with Crippen LogP contribution in [0.4, 0.5) is 0 Å². The fourth-order valence-corrected chi connectivity index (χ4v) is 2.96. The highest BCUT2D eigenvalue weighted by atomic mass is 16.7. The van der Waals surface area contributed by atoms with Crippen molar-refractivity contribution in [2.75, 3.05) is 26.4 Å². The standard InChI is InChI=1S/C21H30O11/c1-2-3-4-5-6-7-13(23)8-9-29-19-17(26)16(25)15(24)14(32-19)10-30-20-18(27)21(28,11-22)12-31-20/h2-3,13-20,22-28H,8-12H2,1H3/b3-2+/t13-,14+,15+,16-,17+,18+,19+,20-,21+/m1/s1. The van der Waals surface area contributed by atoms with Gasteiger partial charge in [-0.2, -0.15) is 0 Å². The summed E-state index contributed by atoms with van der Waals surface area (Å²) in [5.41, 5.74) is -1.87. The highest BCUT2D eigenvalue weighted by Gasteiger charge is 2.50. The predicted molar refractivity (Wildman–Crippen MR) is 107 cm³/mol. The van der Waals surface area contributed by atoms with Gasteiger partial charge in [-0.25, -0.2) is 0 Å². The van der Waals surface area contributed by atoms with E-state index in [2.05, 4.69) is 23.7 Å². The normalized spacial score (nSPS) is 38.1. The van der Waals surface area contributed by atoms with Crippen LogP contribution in [0.3, 0.4) is 0 Å². The molecule has 0 aromatic carbocycles. The van der Waals surface area contributed by atoms with Gasteiger partial charge in [-0.15, -0.1) is 0 Å². The molecule has 2 heterocycles. The van der Waals surface area contributed by atoms with Gasteiger partial charge in [-0.3, -0.25) is 0 Å². The van der Waals surface area contributed by atoms with Gasteiger partial charge in [0.1, 0.15) is 42.2 Å². The second kappa shape index (κ2) is 12.6. The Labute approximate surface area is 185 Å². The average Bonchev–Trinajstić information content (AvgIpc) is 3.07. The molecule has 2 rings (SSSR count). The Balaban J connectivity index is 1.84. The topological polar surface area (TPSA) is 179 Å². The molecular formula is C21H30O11. The molecule has 0 radical (unpaired) electrons. The maximum absolute atomic E-state index is 10.1. The van der Waals surface area contributed by atoms with Gasteiger partial charge in [-0.05, 0) is 24.8 Å². The molecule has 11 heteroatoms. The molecule has 0 bridgehead atoms. The quantitative estimate of drug-likeness (QED) is 0.180. The summed E-state index contributed by atoms with van der Waals surface area (Å²) in [6.45, 7) is 0.251. The highest BCUT2D eigenvalue weighted by molar-refractivity contribution is 5.31. The lowest BCUT2D eigenvalue weighted by Gasteiger charge is -2.40. The fourth-order valence-electron chi connectivity index (χ4n) is 2.96. The summed E-state index contributed by atoms with van der Waals surface area (Å²) in [6.07, 6.45) is -7.65. The van der Waals surface area contributed by atoms with Crippen LogP contribution in [-0.4, -0.2) is 117 Å². The molecule has 0 spiro atoms. The Morgan fingerprint density at radius 3 is 2.50 bits per heavy atom. The fraction of sp³-hybridized carbons (Fsp3) is 0.714. The van der Waals surface area contributed by atoms with E-state index in [4.69, 9.17) is 24.1 Å². The summed E-state index contributed by atoms with van der Waals surface area (Å²) in [4.78, 5) is 0. The number of rotatable bonds is 8. The molecule has 0 amide bonds. The molecule has 0 aliphatic carbocycles. The molecule has 11 nitrogen and oxygen atoms in total. The van der Waals surface area contributed by atoms with E-state index < -0.39 is 61.4 Å². The summed E-state index contributed by atoms with van der Waals surface area (Å²) in [6, 6.07) is 0. The van der Waals surface area contributed by atoms with Crippen molar-refractivity contribution in [3.63, 3.8) is 0 Å². The van der Waals surface area contributed by atoms with Crippen LogP contribution in [0.5, 0.6) is 0 Å². The van der Waals surface area contributed by atoms with Gasteiger partial charge in [0.15, 0.2) is 12.6 Å². The van der Waals surface area contributed by atoms with Crippen LogP contribution >= 0.6 is 0 Å². The van der Waals surface area contributed by atoms with Crippen molar-refractivity contribution >= 4 is 0 Å². The van der Waals surface area contributed by atoms with Crippen LogP contribution in [-0.2, 0) is 18.9 Å². The molecular weight excluding hydrogens is 428 g/mol. The van der Waals surface area contributed by atoms with Gasteiger partial charge in [0.2, 0.25) is 0 Å². The Kier molecular flexibility index (Phi) is 10.5. The summed E-state index contributed by atoms with van der Waals surface area (Å²) >= 11 is 0. The number of aliphatic hydroxyl groups excluding tert-OH is 6. The van der Waals surface area contributed by atoms with E-state index in [1.165, 1.54) is 0 Å². The summed E-state index contributed by atoms with van der Waals surface area (Å²) < 4.78 is 21.3. The van der Waals surface area contributed by atoms with Crippen LogP contribution in [0, 0.1) is 23.7 Å². The van der Waals surface area contributed by atoms with Gasteiger partial charge >= 0.3 is 0 Å². The summed E-state index contributed by atoms with van der Waals surface area (Å²) in [5.74, 6) is 10.2. The van der Waals surface area contributed by atoms with Crippen LogP contribution in [0.1, 0.15) is 13.3 Å². The second-order valence-corrected chi connectivity index (χ2v) is 7.45. The van der Waals surface area contributed by atoms with Gasteiger partial charge in [0, 0.05) is 6.42 Å². The minimum Gasteiger partial charge on any atom is -0.393 e. The molecule has 0 saturated carbocycles. The lowest BCUT2D eigenvalue weighted by atomic mass is 9.99. The first-order valence-electron chi connectivity index (χ1n) is 10.1. The lowest BCUT2D eigenvalue weighted by molar-refractivity contribution is -0.310. The number of aliphatic hydroxyl groups is 7. The van der Waals surface area contributed by atoms with Crippen LogP contribution in [0.25, 0.3) is 0 Å². The zero-order valence-corrected chi connectivity index (χ0v) is 17.6. The van der Waals surface area contributed by atoms with Crippen molar-refractivity contribution in [2.45, 2.75) is 68.1 Å². The van der Waals surface area contributed by atoms with Crippen LogP contribution in [0.2, 0.25) is 0 Å². The SMILES string of the molecule is C/C=C/C#CC#C[C@@H](O)CCO[C@H]1O[C@@H](CO[C@@H]2OC[C@@](O)(CO)[C@H]2O)[C@H](O)[C@@H](O)[C@@H]1O. The Morgan fingerprint density at radius 2 is 1.84 bits per heavy atom. The van der Waals surface area contributed by atoms with Gasteiger partial charge < -0.3 is 54.7 Å².